The van der Waals surface area contributed by atoms with Crippen molar-refractivity contribution in [1.82, 2.24) is 0 Å². The average molecular weight is 401 g/mol. The second kappa shape index (κ2) is 9.10. The highest BCUT2D eigenvalue weighted by atomic mass is 16.3. The second-order valence-electron chi connectivity index (χ2n) is 11.2. The largest absolute Gasteiger partial charge is 0.393 e. The smallest absolute Gasteiger partial charge is 0.0591 e. The minimum Gasteiger partial charge on any atom is -0.393 e. The van der Waals surface area contributed by atoms with Gasteiger partial charge in [0.15, 0.2) is 0 Å². The number of rotatable bonds is 7. The van der Waals surface area contributed by atoms with Crippen molar-refractivity contribution in [1.29, 1.82) is 0 Å². The Hall–Kier alpha value is -0.860. The Bertz CT molecular complexity index is 663. The molecule has 29 heavy (non-hydrogen) atoms. The van der Waals surface area contributed by atoms with Gasteiger partial charge in [-0.2, -0.15) is 0 Å². The maximum absolute atomic E-state index is 10.0. The minimum atomic E-state index is -0.535. The van der Waals surface area contributed by atoms with E-state index in [0.717, 1.165) is 43.9 Å². The van der Waals surface area contributed by atoms with E-state index in [1.807, 2.05) is 13.8 Å². The number of hydrogen-bond acceptors (Lipinski definition) is 2. The molecule has 1 fully saturated rings. The van der Waals surface area contributed by atoms with Crippen LogP contribution >= 0.6 is 0 Å². The number of aliphatic hydroxyl groups excluding tert-OH is 1. The summed E-state index contributed by atoms with van der Waals surface area (Å²) >= 11 is 0. The quantitative estimate of drug-likeness (QED) is 0.497. The molecule has 1 saturated carbocycles. The van der Waals surface area contributed by atoms with E-state index in [9.17, 15) is 10.2 Å². The van der Waals surface area contributed by atoms with E-state index in [2.05, 4.69) is 39.0 Å². The van der Waals surface area contributed by atoms with Crippen molar-refractivity contribution in [3.63, 3.8) is 0 Å². The summed E-state index contributed by atoms with van der Waals surface area (Å²) < 4.78 is 0. The highest BCUT2D eigenvalue weighted by Crippen LogP contribution is 2.58. The lowest BCUT2D eigenvalue weighted by Gasteiger charge is -2.43. The van der Waals surface area contributed by atoms with Gasteiger partial charge >= 0.3 is 0 Å². The summed E-state index contributed by atoms with van der Waals surface area (Å²) in [5, 5.41) is 20.1. The Balaban J connectivity index is 1.66. The van der Waals surface area contributed by atoms with E-state index in [1.54, 1.807) is 5.57 Å². The molecule has 3 rings (SSSR count). The van der Waals surface area contributed by atoms with Gasteiger partial charge in [0.25, 0.3) is 0 Å². The molecule has 5 atom stereocenters. The lowest BCUT2D eigenvalue weighted by molar-refractivity contribution is 0.0613. The van der Waals surface area contributed by atoms with Crippen molar-refractivity contribution >= 4 is 0 Å². The Labute approximate surface area is 179 Å². The normalized spacial score (nSPS) is 34.4. The molecule has 0 aromatic heterocycles. The third-order valence-electron chi connectivity index (χ3n) is 8.34. The summed E-state index contributed by atoms with van der Waals surface area (Å²) in [5.74, 6) is 2.21. The predicted molar refractivity (Wildman–Crippen MR) is 123 cm³/mol. The fraction of sp³-hybridized carbons (Fsp3) is 0.778. The molecule has 2 nitrogen and oxygen atoms in total. The van der Waals surface area contributed by atoms with Gasteiger partial charge in [0.1, 0.15) is 0 Å². The van der Waals surface area contributed by atoms with Crippen LogP contribution in [-0.4, -0.2) is 21.9 Å². The van der Waals surface area contributed by atoms with Crippen molar-refractivity contribution in [2.75, 3.05) is 0 Å². The van der Waals surface area contributed by atoms with Crippen LogP contribution in [-0.2, 0) is 0 Å². The molecule has 0 aliphatic heterocycles. The van der Waals surface area contributed by atoms with Crippen molar-refractivity contribution in [2.45, 2.75) is 111 Å². The molecular formula is C27H44O2. The van der Waals surface area contributed by atoms with E-state index in [4.69, 9.17) is 0 Å². The zero-order valence-electron chi connectivity index (χ0n) is 19.5. The third kappa shape index (κ3) is 5.44. The summed E-state index contributed by atoms with van der Waals surface area (Å²) in [5.41, 5.74) is 4.23. The fourth-order valence-electron chi connectivity index (χ4n) is 6.52. The predicted octanol–water partition coefficient (Wildman–Crippen LogP) is 6.73. The van der Waals surface area contributed by atoms with Gasteiger partial charge in [-0.25, -0.2) is 0 Å². The van der Waals surface area contributed by atoms with E-state index >= 15 is 0 Å². The Kier molecular flexibility index (Phi) is 7.16. The van der Waals surface area contributed by atoms with Crippen molar-refractivity contribution < 1.29 is 10.2 Å². The summed E-state index contributed by atoms with van der Waals surface area (Å²) in [7, 11) is 0. The summed E-state index contributed by atoms with van der Waals surface area (Å²) in [6, 6.07) is 0. The molecule has 1 unspecified atom stereocenters. The van der Waals surface area contributed by atoms with E-state index < -0.39 is 5.60 Å². The number of aliphatic hydroxyl groups is 2. The molecule has 0 aromatic rings. The molecule has 0 spiro atoms. The van der Waals surface area contributed by atoms with Gasteiger partial charge in [0.2, 0.25) is 0 Å². The molecular weight excluding hydrogens is 356 g/mol. The van der Waals surface area contributed by atoms with Gasteiger partial charge in [0, 0.05) is 0 Å². The topological polar surface area (TPSA) is 40.5 Å². The number of allylic oxidation sites excluding steroid dienone is 5. The van der Waals surface area contributed by atoms with Gasteiger partial charge in [-0.15, -0.1) is 0 Å². The summed E-state index contributed by atoms with van der Waals surface area (Å²) in [6.07, 6.45) is 18.2. The first-order valence-corrected chi connectivity index (χ1v) is 12.1. The minimum absolute atomic E-state index is 0.162. The van der Waals surface area contributed by atoms with Gasteiger partial charge in [-0.3, -0.25) is 0 Å². The lowest BCUT2D eigenvalue weighted by atomic mass is 9.62. The molecule has 164 valence electrons. The molecule has 0 heterocycles. The van der Waals surface area contributed by atoms with E-state index in [1.165, 1.54) is 43.3 Å². The SMILES string of the molecule is CC1=C(/C=C\C2=CCC[C@@]3(C)[C@@H]2CC[C@@H]3[C@H](C)CCCC(C)(C)O)CC(O)CC1. The zero-order chi connectivity index (χ0) is 21.2. The molecule has 3 aliphatic rings. The lowest BCUT2D eigenvalue weighted by Crippen LogP contribution is -2.35. The monoisotopic (exact) mass is 400 g/mol. The molecule has 0 bridgehead atoms. The van der Waals surface area contributed by atoms with Gasteiger partial charge in [0.05, 0.1) is 11.7 Å². The highest BCUT2D eigenvalue weighted by molar-refractivity contribution is 5.36. The first-order valence-electron chi connectivity index (χ1n) is 12.1. The second-order valence-corrected chi connectivity index (χ2v) is 11.2. The van der Waals surface area contributed by atoms with Crippen LogP contribution in [0.2, 0.25) is 0 Å². The van der Waals surface area contributed by atoms with Crippen molar-refractivity contribution in [2.24, 2.45) is 23.2 Å². The van der Waals surface area contributed by atoms with Crippen LogP contribution in [0.25, 0.3) is 0 Å². The zero-order valence-corrected chi connectivity index (χ0v) is 19.5. The summed E-state index contributed by atoms with van der Waals surface area (Å²) in [4.78, 5) is 0. The van der Waals surface area contributed by atoms with Crippen LogP contribution < -0.4 is 0 Å². The molecule has 0 saturated heterocycles. The molecule has 0 amide bonds. The maximum atomic E-state index is 10.0. The van der Waals surface area contributed by atoms with Crippen LogP contribution in [0.15, 0.2) is 34.9 Å². The first-order chi connectivity index (χ1) is 13.6. The van der Waals surface area contributed by atoms with Crippen LogP contribution in [0.1, 0.15) is 98.8 Å². The third-order valence-corrected chi connectivity index (χ3v) is 8.34. The number of fused-ring (bicyclic) bond motifs is 1. The average Bonchev–Trinajstić information content (AvgIpc) is 2.99. The Morgan fingerprint density at radius 3 is 2.72 bits per heavy atom. The van der Waals surface area contributed by atoms with Gasteiger partial charge in [-0.1, -0.05) is 50.5 Å². The maximum Gasteiger partial charge on any atom is 0.0591 e. The first kappa shape index (κ1) is 22.8. The Morgan fingerprint density at radius 2 is 2.00 bits per heavy atom. The molecule has 2 heteroatoms. The van der Waals surface area contributed by atoms with Crippen LogP contribution in [0.3, 0.4) is 0 Å². The number of hydrogen-bond donors (Lipinski definition) is 2. The summed E-state index contributed by atoms with van der Waals surface area (Å²) in [6.45, 7) is 11.1. The molecule has 2 N–H and O–H groups in total. The van der Waals surface area contributed by atoms with Crippen LogP contribution in [0.5, 0.6) is 0 Å². The molecule has 3 aliphatic carbocycles. The molecule has 0 aromatic carbocycles. The van der Waals surface area contributed by atoms with Crippen molar-refractivity contribution in [3.05, 3.63) is 34.9 Å². The fourth-order valence-corrected chi connectivity index (χ4v) is 6.52. The molecule has 0 radical (unpaired) electrons. The van der Waals surface area contributed by atoms with E-state index in [0.29, 0.717) is 11.3 Å². The highest BCUT2D eigenvalue weighted by Gasteiger charge is 2.49. The van der Waals surface area contributed by atoms with Crippen molar-refractivity contribution in [3.8, 4) is 0 Å². The standard InChI is InChI=1S/C27H44O2/c1-19-10-13-23(28)18-22(19)12-11-21-9-7-17-27(5)24(14-15-25(21)27)20(2)8-6-16-26(3,4)29/h9,11-12,20,23-25,28-29H,6-8,10,13-18H2,1-5H3/b12-11-/t20-,23?,24-,25-,27-/m1/s1. The van der Waals surface area contributed by atoms with Gasteiger partial charge in [-0.05, 0) is 106 Å². The van der Waals surface area contributed by atoms with Crippen LogP contribution in [0, 0.1) is 23.2 Å². The van der Waals surface area contributed by atoms with E-state index in [-0.39, 0.29) is 6.10 Å². The Morgan fingerprint density at radius 1 is 1.24 bits per heavy atom. The van der Waals surface area contributed by atoms with Gasteiger partial charge < -0.3 is 10.2 Å². The van der Waals surface area contributed by atoms with Crippen LogP contribution in [0.4, 0.5) is 0 Å².